The summed E-state index contributed by atoms with van der Waals surface area (Å²) in [6, 6.07) is 12.1. The Morgan fingerprint density at radius 3 is 2.13 bits per heavy atom. The van der Waals surface area contributed by atoms with Crippen LogP contribution in [-0.2, 0) is 4.79 Å². The van der Waals surface area contributed by atoms with Crippen molar-refractivity contribution in [1.82, 2.24) is 24.7 Å². The van der Waals surface area contributed by atoms with E-state index >= 15 is 0 Å². The maximum absolute atomic E-state index is 13.5. The highest BCUT2D eigenvalue weighted by Gasteiger charge is 2.25. The molecule has 1 aliphatic heterocycles. The quantitative estimate of drug-likeness (QED) is 0.454. The number of allylic oxidation sites excluding steroid dienone is 1. The Labute approximate surface area is 226 Å². The van der Waals surface area contributed by atoms with E-state index in [9.17, 15) is 13.6 Å². The van der Waals surface area contributed by atoms with E-state index < -0.39 is 0 Å². The normalized spacial score (nSPS) is 15.0. The summed E-state index contributed by atoms with van der Waals surface area (Å²) in [6.07, 6.45) is 5.13. The zero-order chi connectivity index (χ0) is 27.9. The van der Waals surface area contributed by atoms with Crippen LogP contribution in [0.3, 0.4) is 0 Å². The number of piperazine rings is 1. The van der Waals surface area contributed by atoms with Crippen molar-refractivity contribution in [2.24, 2.45) is 4.99 Å². The molecule has 4 rings (SSSR count). The van der Waals surface area contributed by atoms with Gasteiger partial charge in [0.15, 0.2) is 5.82 Å². The minimum absolute atomic E-state index is 0.0425. The van der Waals surface area contributed by atoms with Crippen LogP contribution in [0.1, 0.15) is 25.0 Å². The molecule has 2 aromatic carbocycles. The third-order valence-corrected chi connectivity index (χ3v) is 6.59. The molecule has 1 aliphatic rings. The second-order valence-corrected chi connectivity index (χ2v) is 9.21. The van der Waals surface area contributed by atoms with Crippen LogP contribution in [-0.4, -0.2) is 69.5 Å². The minimum Gasteiger partial charge on any atom is -0.351 e. The molecule has 2 heterocycles. The van der Waals surface area contributed by atoms with Gasteiger partial charge in [-0.15, -0.1) is 0 Å². The molecular formula is C30H32F2N6O. The third-order valence-electron chi connectivity index (χ3n) is 6.59. The number of aromatic amines is 1. The van der Waals surface area contributed by atoms with Crippen LogP contribution < -0.4 is 10.7 Å². The Hall–Kier alpha value is -4.53. The molecule has 1 fully saturated rings. The third kappa shape index (κ3) is 6.67. The first-order chi connectivity index (χ1) is 18.8. The van der Waals surface area contributed by atoms with Gasteiger partial charge in [0.05, 0.1) is 11.7 Å². The molecule has 39 heavy (non-hydrogen) atoms. The summed E-state index contributed by atoms with van der Waals surface area (Å²) in [5.41, 5.74) is 2.89. The van der Waals surface area contributed by atoms with Crippen molar-refractivity contribution in [1.29, 1.82) is 0 Å². The van der Waals surface area contributed by atoms with Crippen molar-refractivity contribution in [2.75, 3.05) is 32.7 Å². The maximum atomic E-state index is 13.5. The van der Waals surface area contributed by atoms with Crippen LogP contribution in [0.5, 0.6) is 0 Å². The van der Waals surface area contributed by atoms with Gasteiger partial charge in [-0.25, -0.2) is 18.8 Å². The summed E-state index contributed by atoms with van der Waals surface area (Å²) < 4.78 is 27.0. The number of carbonyl (C=O) groups is 1. The summed E-state index contributed by atoms with van der Waals surface area (Å²) in [5.74, 6) is -0.0223. The van der Waals surface area contributed by atoms with Gasteiger partial charge in [-0.05, 0) is 54.8 Å². The van der Waals surface area contributed by atoms with E-state index in [1.807, 2.05) is 24.9 Å². The molecule has 0 unspecified atom stereocenters. The summed E-state index contributed by atoms with van der Waals surface area (Å²) in [5, 5.41) is 1.38. The van der Waals surface area contributed by atoms with Crippen molar-refractivity contribution in [3.8, 4) is 0 Å². The van der Waals surface area contributed by atoms with Crippen LogP contribution in [0.2, 0.25) is 0 Å². The second-order valence-electron chi connectivity index (χ2n) is 9.21. The van der Waals surface area contributed by atoms with Crippen LogP contribution in [0, 0.1) is 11.6 Å². The van der Waals surface area contributed by atoms with E-state index in [0.29, 0.717) is 48.1 Å². The fourth-order valence-corrected chi connectivity index (χ4v) is 4.39. The Kier molecular flexibility index (Phi) is 8.70. The number of nitrogens with zero attached hydrogens (tertiary/aromatic N) is 5. The number of hydrogen-bond donors (Lipinski definition) is 1. The number of hydrogen-bond acceptors (Lipinski definition) is 5. The fourth-order valence-electron chi connectivity index (χ4n) is 4.39. The molecular weight excluding hydrogens is 498 g/mol. The number of H-pyrrole nitrogens is 1. The van der Waals surface area contributed by atoms with Crippen molar-refractivity contribution < 1.29 is 13.6 Å². The smallest absolute Gasteiger partial charge is 0.242 e. The number of aliphatic imine (C=N–C) groups is 1. The van der Waals surface area contributed by atoms with Crippen LogP contribution in [0.4, 0.5) is 8.78 Å². The number of amides is 1. The topological polar surface area (TPSA) is 67.8 Å². The molecule has 1 N–H and O–H groups in total. The highest BCUT2D eigenvalue weighted by molar-refractivity contribution is 5.81. The van der Waals surface area contributed by atoms with Gasteiger partial charge in [-0.1, -0.05) is 37.4 Å². The summed E-state index contributed by atoms with van der Waals surface area (Å²) in [7, 11) is 0. The predicted octanol–water partition coefficient (Wildman–Crippen LogP) is 3.43. The lowest BCUT2D eigenvalue weighted by atomic mass is 10.1. The molecule has 0 spiro atoms. The summed E-state index contributed by atoms with van der Waals surface area (Å²) >= 11 is 0. The van der Waals surface area contributed by atoms with Gasteiger partial charge >= 0.3 is 0 Å². The monoisotopic (exact) mass is 530 g/mol. The molecule has 1 amide bonds. The largest absolute Gasteiger partial charge is 0.351 e. The Morgan fingerprint density at radius 2 is 1.59 bits per heavy atom. The first-order valence-electron chi connectivity index (χ1n) is 12.7. The second kappa shape index (κ2) is 12.3. The van der Waals surface area contributed by atoms with Gasteiger partial charge < -0.3 is 19.7 Å². The molecule has 0 atom stereocenters. The Balaban J connectivity index is 1.52. The number of benzene rings is 2. The van der Waals surface area contributed by atoms with Gasteiger partial charge in [-0.2, -0.15) is 0 Å². The van der Waals surface area contributed by atoms with Crippen molar-refractivity contribution in [3.63, 3.8) is 0 Å². The van der Waals surface area contributed by atoms with Gasteiger partial charge in [-0.3, -0.25) is 4.79 Å². The molecule has 1 aromatic heterocycles. The zero-order valence-corrected chi connectivity index (χ0v) is 22.2. The van der Waals surface area contributed by atoms with E-state index in [4.69, 9.17) is 0 Å². The van der Waals surface area contributed by atoms with Crippen LogP contribution >= 0.6 is 0 Å². The number of carbonyl (C=O) groups excluding carboxylic acids is 1. The van der Waals surface area contributed by atoms with E-state index in [-0.39, 0.29) is 24.1 Å². The molecule has 0 saturated carbocycles. The molecule has 0 bridgehead atoms. The lowest BCUT2D eigenvalue weighted by Gasteiger charge is -2.37. The summed E-state index contributed by atoms with van der Waals surface area (Å²) in [4.78, 5) is 31.0. The number of nitrogens with one attached hydrogen (secondary N) is 1. The van der Waals surface area contributed by atoms with Crippen molar-refractivity contribution >= 4 is 35.8 Å². The molecule has 9 heteroatoms. The average Bonchev–Trinajstić information content (AvgIpc) is 3.37. The number of imidazole rings is 1. The lowest BCUT2D eigenvalue weighted by molar-refractivity contribution is -0.132. The number of aromatic nitrogens is 2. The first-order valence-corrected chi connectivity index (χ1v) is 12.7. The van der Waals surface area contributed by atoms with E-state index in [0.717, 1.165) is 17.0 Å². The lowest BCUT2D eigenvalue weighted by Crippen LogP contribution is -2.51. The molecule has 0 aliphatic carbocycles. The van der Waals surface area contributed by atoms with Crippen LogP contribution in [0.15, 0.2) is 72.6 Å². The summed E-state index contributed by atoms with van der Waals surface area (Å²) in [6.45, 7) is 14.2. The molecule has 1 saturated heterocycles. The van der Waals surface area contributed by atoms with E-state index in [1.165, 1.54) is 24.3 Å². The maximum Gasteiger partial charge on any atom is 0.242 e. The highest BCUT2D eigenvalue weighted by Crippen LogP contribution is 2.23. The van der Waals surface area contributed by atoms with Gasteiger partial charge in [0.1, 0.15) is 23.5 Å². The number of halogens is 2. The highest BCUT2D eigenvalue weighted by atomic mass is 19.1. The van der Waals surface area contributed by atoms with Gasteiger partial charge in [0.2, 0.25) is 5.91 Å². The first kappa shape index (κ1) is 27.5. The Bertz CT molecular complexity index is 1480. The molecule has 0 radical (unpaired) electrons. The fraction of sp³-hybridized carbons (Fsp3) is 0.233. The molecule has 7 nitrogen and oxygen atoms in total. The van der Waals surface area contributed by atoms with E-state index in [2.05, 4.69) is 33.0 Å². The van der Waals surface area contributed by atoms with Crippen LogP contribution in [0.25, 0.3) is 23.7 Å². The minimum atomic E-state index is -0.352. The standard InChI is InChI=1S/C30H32F2N6O/c1-5-33-30(29-22(3)34-20-35-29)37-16-14-36(15-17-37)28(39)19-38(23(4)25-8-12-27(32)13-9-25)18-21(2)24-6-10-26(31)11-7-24/h5-13,18,20H,3-4,14-17,19H2,1-2H3,(H,34,35)/b21-18+,30-29-,33-5-. The van der Waals surface area contributed by atoms with Crippen molar-refractivity contribution in [3.05, 3.63) is 101 Å². The zero-order valence-electron chi connectivity index (χ0n) is 22.2. The number of rotatable bonds is 8. The van der Waals surface area contributed by atoms with Gasteiger partial charge in [0.25, 0.3) is 0 Å². The molecule has 202 valence electrons. The molecule has 3 aromatic rings. The van der Waals surface area contributed by atoms with Gasteiger partial charge in [0, 0.05) is 44.3 Å². The predicted molar refractivity (Wildman–Crippen MR) is 151 cm³/mol. The SMILES string of the molecule is C=C(c1ccc(F)cc1)N(/C=C(\C)c1ccc(F)cc1)CC(=O)N1CCN(C(/N=C\C)=c2\nc[nH]c2=C)CC1. The van der Waals surface area contributed by atoms with Crippen molar-refractivity contribution in [2.45, 2.75) is 13.8 Å². The van der Waals surface area contributed by atoms with E-state index in [1.54, 1.807) is 41.7 Å². The average molecular weight is 531 g/mol. The Morgan fingerprint density at radius 1 is 1.03 bits per heavy atom.